The van der Waals surface area contributed by atoms with Crippen molar-refractivity contribution in [2.45, 2.75) is 142 Å². The largest absolute Gasteiger partial charge is 0.456 e. The van der Waals surface area contributed by atoms with Gasteiger partial charge in [0.2, 0.25) is 11.8 Å². The van der Waals surface area contributed by atoms with Crippen LogP contribution in [0.4, 0.5) is 0 Å². The molecule has 2 amide bonds. The van der Waals surface area contributed by atoms with E-state index in [0.29, 0.717) is 32.2 Å². The minimum atomic E-state index is -1.06. The summed E-state index contributed by atoms with van der Waals surface area (Å²) in [5.41, 5.74) is 0. The van der Waals surface area contributed by atoms with E-state index in [9.17, 15) is 24.6 Å². The number of hydrogen-bond acceptors (Lipinski definition) is 6. The van der Waals surface area contributed by atoms with Gasteiger partial charge in [-0.1, -0.05) is 148 Å². The summed E-state index contributed by atoms with van der Waals surface area (Å²) in [4.78, 5) is 37.8. The molecule has 322 valence electrons. The van der Waals surface area contributed by atoms with E-state index in [4.69, 9.17) is 4.74 Å². The molecule has 0 aromatic carbocycles. The van der Waals surface area contributed by atoms with Crippen molar-refractivity contribution in [3.05, 3.63) is 134 Å². The van der Waals surface area contributed by atoms with Gasteiger partial charge >= 0.3 is 5.97 Å². The summed E-state index contributed by atoms with van der Waals surface area (Å²) in [5.74, 6) is -1.08. The molecular weight excluding hydrogens is 725 g/mol. The van der Waals surface area contributed by atoms with Gasteiger partial charge in [0.05, 0.1) is 13.2 Å². The van der Waals surface area contributed by atoms with Crippen LogP contribution < -0.4 is 10.6 Å². The number of carbonyl (C=O) groups is 3. The number of aliphatic hydroxyl groups excluding tert-OH is 2. The third kappa shape index (κ3) is 38.3. The molecule has 0 fully saturated rings. The third-order valence-electron chi connectivity index (χ3n) is 8.37. The number of esters is 1. The van der Waals surface area contributed by atoms with Crippen molar-refractivity contribution < 1.29 is 29.3 Å². The van der Waals surface area contributed by atoms with Crippen molar-refractivity contribution in [1.29, 1.82) is 0 Å². The smallest absolute Gasteiger partial charge is 0.329 e. The molecule has 0 unspecified atom stereocenters. The minimum absolute atomic E-state index is 0.0849. The number of nitrogens with one attached hydrogen (secondary N) is 2. The van der Waals surface area contributed by atoms with Gasteiger partial charge in [-0.25, -0.2) is 4.79 Å². The number of allylic oxidation sites excluding steroid dienone is 22. The third-order valence-corrected chi connectivity index (χ3v) is 8.37. The summed E-state index contributed by atoms with van der Waals surface area (Å²) in [6.45, 7) is 3.57. The number of hydrogen-bond donors (Lipinski definition) is 4. The fourth-order valence-corrected chi connectivity index (χ4v) is 5.12. The van der Waals surface area contributed by atoms with E-state index < -0.39 is 31.3 Å². The monoisotopic (exact) mass is 801 g/mol. The maximum Gasteiger partial charge on any atom is 0.329 e. The van der Waals surface area contributed by atoms with Crippen LogP contribution in [0.2, 0.25) is 0 Å². The summed E-state index contributed by atoms with van der Waals surface area (Å²) in [6, 6.07) is -0.947. The van der Waals surface area contributed by atoms with Crippen molar-refractivity contribution in [3.63, 3.8) is 0 Å². The minimum Gasteiger partial charge on any atom is -0.456 e. The Bertz CT molecular complexity index is 1360. The Hall–Kier alpha value is -4.53. The highest BCUT2D eigenvalue weighted by Crippen LogP contribution is 2.06. The standard InChI is InChI=1S/C50H76N2O6/c1-3-5-7-9-11-13-15-17-19-21-22-24-25-27-29-31-33-35-37-41-48(55)51-43-39-40-47(50(57)58-46(44-53)45-54)52-49(56)42-38-36-34-32-30-28-26-23-20-18-16-14-12-10-8-6-4-2/h5-8,11-14,17-20,22,24,26-29,32-35,46-47,53-54H,3-4,9-10,15-16,21,23,25,30-31,36-45H2,1-2H3,(H,51,55)(H,52,56)/t47-/m0/s1. The quantitative estimate of drug-likeness (QED) is 0.0284. The molecule has 1 atom stereocenters. The highest BCUT2D eigenvalue weighted by Gasteiger charge is 2.24. The van der Waals surface area contributed by atoms with E-state index in [1.165, 1.54) is 0 Å². The van der Waals surface area contributed by atoms with Crippen LogP contribution in [0.1, 0.15) is 129 Å². The zero-order valence-electron chi connectivity index (χ0n) is 35.7. The number of ether oxygens (including phenoxy) is 1. The van der Waals surface area contributed by atoms with E-state index in [1.807, 2.05) is 6.08 Å². The zero-order chi connectivity index (χ0) is 42.4. The molecule has 0 aromatic heterocycles. The van der Waals surface area contributed by atoms with Crippen molar-refractivity contribution in [3.8, 4) is 0 Å². The number of aliphatic hydroxyl groups is 2. The van der Waals surface area contributed by atoms with Crippen LogP contribution in [0, 0.1) is 0 Å². The normalized spacial score (nSPS) is 13.5. The molecule has 4 N–H and O–H groups in total. The summed E-state index contributed by atoms with van der Waals surface area (Å²) in [6.07, 6.45) is 59.9. The maximum atomic E-state index is 12.8. The molecule has 0 saturated carbocycles. The molecule has 0 bridgehead atoms. The summed E-state index contributed by atoms with van der Waals surface area (Å²) >= 11 is 0. The second-order valence-electron chi connectivity index (χ2n) is 13.6. The van der Waals surface area contributed by atoms with Gasteiger partial charge < -0.3 is 25.6 Å². The zero-order valence-corrected chi connectivity index (χ0v) is 35.7. The van der Waals surface area contributed by atoms with Gasteiger partial charge in [-0.05, 0) is 103 Å². The molecule has 0 spiro atoms. The van der Waals surface area contributed by atoms with Gasteiger partial charge in [0.1, 0.15) is 12.1 Å². The molecule has 0 saturated heterocycles. The Labute approximate surface area is 351 Å². The summed E-state index contributed by atoms with van der Waals surface area (Å²) in [5, 5.41) is 24.3. The predicted octanol–water partition coefficient (Wildman–Crippen LogP) is 10.7. The number of carbonyl (C=O) groups excluding carboxylic acids is 3. The summed E-state index contributed by atoms with van der Waals surface area (Å²) in [7, 11) is 0. The highest BCUT2D eigenvalue weighted by molar-refractivity contribution is 5.84. The van der Waals surface area contributed by atoms with Crippen LogP contribution in [-0.4, -0.2) is 59.9 Å². The van der Waals surface area contributed by atoms with E-state index in [1.54, 1.807) is 0 Å². The Morgan fingerprint density at radius 2 is 0.862 bits per heavy atom. The van der Waals surface area contributed by atoms with Crippen LogP contribution in [0.3, 0.4) is 0 Å². The van der Waals surface area contributed by atoms with Crippen molar-refractivity contribution >= 4 is 17.8 Å². The molecule has 0 aromatic rings. The lowest BCUT2D eigenvalue weighted by Crippen LogP contribution is -2.44. The Morgan fingerprint density at radius 3 is 1.26 bits per heavy atom. The first-order valence-electron chi connectivity index (χ1n) is 21.6. The van der Waals surface area contributed by atoms with Crippen LogP contribution >= 0.6 is 0 Å². The number of amides is 2. The highest BCUT2D eigenvalue weighted by atomic mass is 16.6. The van der Waals surface area contributed by atoms with E-state index >= 15 is 0 Å². The fraction of sp³-hybridized carbons (Fsp3) is 0.500. The molecular formula is C50H76N2O6. The van der Waals surface area contributed by atoms with Gasteiger partial charge in [0.15, 0.2) is 0 Å². The molecule has 58 heavy (non-hydrogen) atoms. The Kier molecular flexibility index (Phi) is 40.2. The van der Waals surface area contributed by atoms with Gasteiger partial charge in [-0.15, -0.1) is 0 Å². The van der Waals surface area contributed by atoms with Crippen LogP contribution in [0.25, 0.3) is 0 Å². The van der Waals surface area contributed by atoms with Crippen LogP contribution in [-0.2, 0) is 19.1 Å². The Balaban J connectivity index is 4.33. The molecule has 0 aliphatic carbocycles. The number of unbranched alkanes of at least 4 members (excludes halogenated alkanes) is 1. The first-order chi connectivity index (χ1) is 28.5. The van der Waals surface area contributed by atoms with Gasteiger partial charge in [0.25, 0.3) is 0 Å². The average molecular weight is 801 g/mol. The molecule has 0 aliphatic heterocycles. The van der Waals surface area contributed by atoms with Crippen LogP contribution in [0.15, 0.2) is 134 Å². The maximum absolute atomic E-state index is 12.8. The first-order valence-corrected chi connectivity index (χ1v) is 21.6. The lowest BCUT2D eigenvalue weighted by atomic mass is 10.1. The van der Waals surface area contributed by atoms with E-state index in [-0.39, 0.29) is 24.7 Å². The fourth-order valence-electron chi connectivity index (χ4n) is 5.12. The predicted molar refractivity (Wildman–Crippen MR) is 244 cm³/mol. The lowest BCUT2D eigenvalue weighted by Gasteiger charge is -2.20. The SMILES string of the molecule is CCC=CCC=CCC=CCC=CCC=CCC=CCCC(=O)NCCC[C@H](NC(=O)CCCC=CCC=CCC=CCC=CCC=CCC)C(=O)OC(CO)CO. The van der Waals surface area contributed by atoms with Crippen molar-refractivity contribution in [2.24, 2.45) is 0 Å². The molecule has 0 aliphatic rings. The van der Waals surface area contributed by atoms with E-state index in [2.05, 4.69) is 152 Å². The first kappa shape index (κ1) is 53.5. The molecule has 0 rings (SSSR count). The van der Waals surface area contributed by atoms with E-state index in [0.717, 1.165) is 77.0 Å². The molecule has 8 heteroatoms. The van der Waals surface area contributed by atoms with Gasteiger partial charge in [0, 0.05) is 19.4 Å². The van der Waals surface area contributed by atoms with Crippen LogP contribution in [0.5, 0.6) is 0 Å². The van der Waals surface area contributed by atoms with Gasteiger partial charge in [-0.3, -0.25) is 9.59 Å². The van der Waals surface area contributed by atoms with Gasteiger partial charge in [-0.2, -0.15) is 0 Å². The topological polar surface area (TPSA) is 125 Å². The summed E-state index contributed by atoms with van der Waals surface area (Å²) < 4.78 is 5.19. The molecule has 8 nitrogen and oxygen atoms in total. The molecule has 0 radical (unpaired) electrons. The second kappa shape index (κ2) is 43.6. The lowest BCUT2D eigenvalue weighted by molar-refractivity contribution is -0.157. The van der Waals surface area contributed by atoms with Crippen molar-refractivity contribution in [1.82, 2.24) is 10.6 Å². The average Bonchev–Trinajstić information content (AvgIpc) is 3.22. The Morgan fingerprint density at radius 1 is 0.483 bits per heavy atom. The number of rotatable bonds is 36. The van der Waals surface area contributed by atoms with Crippen molar-refractivity contribution in [2.75, 3.05) is 19.8 Å². The second-order valence-corrected chi connectivity index (χ2v) is 13.6. The molecule has 0 heterocycles.